The molecule has 7 nitrogen and oxygen atoms in total. The van der Waals surface area contributed by atoms with Crippen molar-refractivity contribution in [2.75, 3.05) is 30.5 Å². The van der Waals surface area contributed by atoms with Crippen LogP contribution in [0.4, 0.5) is 11.5 Å². The summed E-state index contributed by atoms with van der Waals surface area (Å²) in [6.07, 6.45) is 2.13. The van der Waals surface area contributed by atoms with E-state index < -0.39 is 0 Å². The molecule has 2 aliphatic heterocycles. The van der Waals surface area contributed by atoms with Gasteiger partial charge in [0.25, 0.3) is 5.91 Å². The van der Waals surface area contributed by atoms with E-state index in [-0.39, 0.29) is 23.9 Å². The van der Waals surface area contributed by atoms with Gasteiger partial charge in [-0.3, -0.25) is 9.59 Å². The van der Waals surface area contributed by atoms with E-state index in [1.807, 2.05) is 36.2 Å². The molecular weight excluding hydrogens is 332 g/mol. The molecule has 2 amide bonds. The number of nitrogens with zero attached hydrogens (tertiary/aromatic N) is 2. The number of fused-ring (bicyclic) bond motifs is 1. The Kier molecular flexibility index (Phi) is 4.30. The average Bonchev–Trinajstić information content (AvgIpc) is 3.20. The molecule has 7 heteroatoms. The Morgan fingerprint density at radius 2 is 2.12 bits per heavy atom. The van der Waals surface area contributed by atoms with Gasteiger partial charge in [0.05, 0.1) is 18.1 Å². The van der Waals surface area contributed by atoms with Crippen LogP contribution >= 0.6 is 0 Å². The van der Waals surface area contributed by atoms with E-state index in [9.17, 15) is 9.59 Å². The van der Waals surface area contributed by atoms with Gasteiger partial charge in [0, 0.05) is 25.5 Å². The van der Waals surface area contributed by atoms with Crippen LogP contribution in [0.3, 0.4) is 0 Å². The normalized spacial score (nSPS) is 21.9. The molecule has 3 heterocycles. The Bertz CT molecular complexity index is 831. The van der Waals surface area contributed by atoms with Gasteiger partial charge in [0.1, 0.15) is 12.0 Å². The second kappa shape index (κ2) is 6.76. The summed E-state index contributed by atoms with van der Waals surface area (Å²) in [5.41, 5.74) is 2.21. The van der Waals surface area contributed by atoms with Crippen molar-refractivity contribution in [2.45, 2.75) is 12.6 Å². The molecule has 1 saturated heterocycles. The van der Waals surface area contributed by atoms with Crippen molar-refractivity contribution in [1.29, 1.82) is 0 Å². The van der Waals surface area contributed by atoms with Crippen LogP contribution in [0.5, 0.6) is 0 Å². The first-order valence-corrected chi connectivity index (χ1v) is 8.61. The van der Waals surface area contributed by atoms with E-state index in [1.165, 1.54) is 0 Å². The zero-order valence-electron chi connectivity index (χ0n) is 14.4. The molecule has 134 valence electrons. The maximum Gasteiger partial charge on any atom is 0.256 e. The number of carbonyl (C=O) groups excluding carboxylic acids is 2. The zero-order valence-corrected chi connectivity index (χ0v) is 14.4. The van der Waals surface area contributed by atoms with Gasteiger partial charge in [0.15, 0.2) is 0 Å². The van der Waals surface area contributed by atoms with Gasteiger partial charge in [0.2, 0.25) is 5.91 Å². The number of amides is 2. The van der Waals surface area contributed by atoms with Crippen LogP contribution < -0.4 is 15.5 Å². The number of nitrogens with one attached hydrogen (secondary N) is 2. The monoisotopic (exact) mass is 352 g/mol. The molecule has 0 bridgehead atoms. The molecule has 1 aromatic heterocycles. The van der Waals surface area contributed by atoms with Crippen LogP contribution in [0.15, 0.2) is 42.6 Å². The fourth-order valence-electron chi connectivity index (χ4n) is 3.32. The Morgan fingerprint density at radius 3 is 2.85 bits per heavy atom. The number of ether oxygens (including phenoxy) is 1. The molecular formula is C19H20N4O3. The summed E-state index contributed by atoms with van der Waals surface area (Å²) in [5, 5.41) is 5.90. The summed E-state index contributed by atoms with van der Waals surface area (Å²) in [6, 6.07) is 11.0. The number of carbonyl (C=O) groups is 2. The number of rotatable bonds is 3. The van der Waals surface area contributed by atoms with Gasteiger partial charge in [-0.25, -0.2) is 4.98 Å². The van der Waals surface area contributed by atoms with Crippen molar-refractivity contribution in [3.05, 3.63) is 53.7 Å². The number of benzene rings is 1. The molecule has 0 unspecified atom stereocenters. The van der Waals surface area contributed by atoms with E-state index in [0.717, 1.165) is 17.7 Å². The van der Waals surface area contributed by atoms with E-state index in [4.69, 9.17) is 4.74 Å². The van der Waals surface area contributed by atoms with Gasteiger partial charge in [-0.1, -0.05) is 12.1 Å². The molecule has 2 N–H and O–H groups in total. The quantitative estimate of drug-likeness (QED) is 0.882. The number of anilines is 2. The topological polar surface area (TPSA) is 83.6 Å². The van der Waals surface area contributed by atoms with Gasteiger partial charge >= 0.3 is 0 Å². The summed E-state index contributed by atoms with van der Waals surface area (Å²) < 4.78 is 5.25. The Hall–Kier alpha value is -2.93. The summed E-state index contributed by atoms with van der Waals surface area (Å²) in [4.78, 5) is 30.8. The molecule has 2 aromatic rings. The fourth-order valence-corrected chi connectivity index (χ4v) is 3.32. The number of hydrogen-bond acceptors (Lipinski definition) is 5. The van der Waals surface area contributed by atoms with Crippen molar-refractivity contribution in [3.8, 4) is 0 Å². The standard InChI is InChI=1S/C19H20N4O3/c1-23-16(22-19(25)15-3-2-9-20-17(15)23)12-4-6-14(7-5-12)21-18(24)13-8-10-26-11-13/h2-7,9,13,16H,8,10-11H2,1H3,(H,21,24)(H,22,25)/t13-,16-/m1/s1. The van der Waals surface area contributed by atoms with Crippen LogP contribution in [0.1, 0.15) is 28.5 Å². The summed E-state index contributed by atoms with van der Waals surface area (Å²) >= 11 is 0. The third kappa shape index (κ3) is 3.01. The van der Waals surface area contributed by atoms with Crippen molar-refractivity contribution in [3.63, 3.8) is 0 Å². The molecule has 0 aliphatic carbocycles. The first-order valence-electron chi connectivity index (χ1n) is 8.61. The van der Waals surface area contributed by atoms with Gasteiger partial charge < -0.3 is 20.3 Å². The van der Waals surface area contributed by atoms with Crippen LogP contribution in [0, 0.1) is 5.92 Å². The first-order chi connectivity index (χ1) is 12.6. The SMILES string of the molecule is CN1c2ncccc2C(=O)N[C@H]1c1ccc(NC(=O)[C@@H]2CCOC2)cc1. The first kappa shape index (κ1) is 16.5. The highest BCUT2D eigenvalue weighted by molar-refractivity contribution is 6.01. The zero-order chi connectivity index (χ0) is 18.1. The highest BCUT2D eigenvalue weighted by atomic mass is 16.5. The summed E-state index contributed by atoms with van der Waals surface area (Å²) in [5.74, 6) is 0.409. The summed E-state index contributed by atoms with van der Waals surface area (Å²) in [7, 11) is 1.89. The second-order valence-electron chi connectivity index (χ2n) is 6.53. The lowest BCUT2D eigenvalue weighted by atomic mass is 10.1. The Balaban J connectivity index is 1.50. The molecule has 2 atom stereocenters. The fraction of sp³-hybridized carbons (Fsp3) is 0.316. The van der Waals surface area contributed by atoms with Gasteiger partial charge in [-0.15, -0.1) is 0 Å². The largest absolute Gasteiger partial charge is 0.381 e. The number of aromatic nitrogens is 1. The Labute approximate surface area is 151 Å². The van der Waals surface area contributed by atoms with Crippen molar-refractivity contribution in [1.82, 2.24) is 10.3 Å². The third-order valence-electron chi connectivity index (χ3n) is 4.81. The molecule has 4 rings (SSSR count). The van der Waals surface area contributed by atoms with Crippen LogP contribution in [-0.4, -0.2) is 37.1 Å². The highest BCUT2D eigenvalue weighted by Gasteiger charge is 2.30. The highest BCUT2D eigenvalue weighted by Crippen LogP contribution is 2.30. The van der Waals surface area contributed by atoms with Crippen LogP contribution in [-0.2, 0) is 9.53 Å². The van der Waals surface area contributed by atoms with Crippen molar-refractivity contribution in [2.24, 2.45) is 5.92 Å². The maximum absolute atomic E-state index is 12.3. The molecule has 0 saturated carbocycles. The lowest BCUT2D eigenvalue weighted by molar-refractivity contribution is -0.119. The molecule has 26 heavy (non-hydrogen) atoms. The number of pyridine rings is 1. The molecule has 2 aliphatic rings. The smallest absolute Gasteiger partial charge is 0.256 e. The minimum atomic E-state index is -0.308. The molecule has 0 radical (unpaired) electrons. The molecule has 0 spiro atoms. The van der Waals surface area contributed by atoms with Gasteiger partial charge in [-0.2, -0.15) is 0 Å². The van der Waals surface area contributed by atoms with E-state index in [1.54, 1.807) is 18.3 Å². The number of hydrogen-bond donors (Lipinski definition) is 2. The molecule has 1 fully saturated rings. The Morgan fingerprint density at radius 1 is 1.31 bits per heavy atom. The van der Waals surface area contributed by atoms with E-state index in [0.29, 0.717) is 24.6 Å². The minimum absolute atomic E-state index is 0.0172. The second-order valence-corrected chi connectivity index (χ2v) is 6.53. The lowest BCUT2D eigenvalue weighted by Crippen LogP contribution is -2.45. The van der Waals surface area contributed by atoms with Crippen LogP contribution in [0.2, 0.25) is 0 Å². The van der Waals surface area contributed by atoms with Crippen molar-refractivity contribution >= 4 is 23.3 Å². The van der Waals surface area contributed by atoms with Crippen molar-refractivity contribution < 1.29 is 14.3 Å². The summed E-state index contributed by atoms with van der Waals surface area (Å²) in [6.45, 7) is 1.12. The van der Waals surface area contributed by atoms with Crippen LogP contribution in [0.25, 0.3) is 0 Å². The van der Waals surface area contributed by atoms with E-state index in [2.05, 4.69) is 15.6 Å². The lowest BCUT2D eigenvalue weighted by Gasteiger charge is -2.35. The van der Waals surface area contributed by atoms with E-state index >= 15 is 0 Å². The average molecular weight is 352 g/mol. The predicted octanol–water partition coefficient (Wildman–Crippen LogP) is 1.93. The van der Waals surface area contributed by atoms with Gasteiger partial charge in [-0.05, 0) is 36.2 Å². The molecule has 1 aromatic carbocycles. The maximum atomic E-state index is 12.3. The predicted molar refractivity (Wildman–Crippen MR) is 96.8 cm³/mol. The minimum Gasteiger partial charge on any atom is -0.381 e. The third-order valence-corrected chi connectivity index (χ3v) is 4.81.